The molecule has 1 aromatic carbocycles. The highest BCUT2D eigenvalue weighted by molar-refractivity contribution is 7.21. The average molecular weight is 403 g/mol. The van der Waals surface area contributed by atoms with Crippen molar-refractivity contribution in [2.45, 2.75) is 32.2 Å². The maximum atomic E-state index is 12.7. The molecular weight excluding hydrogens is 378 g/mol. The summed E-state index contributed by atoms with van der Waals surface area (Å²) < 4.78 is 25.4. The summed E-state index contributed by atoms with van der Waals surface area (Å²) in [6, 6.07) is 12.7. The van der Waals surface area contributed by atoms with Crippen molar-refractivity contribution in [3.63, 3.8) is 0 Å². The van der Waals surface area contributed by atoms with Gasteiger partial charge in [-0.3, -0.25) is 4.90 Å². The number of piperidine rings is 1. The molecule has 0 amide bonds. The fourth-order valence-corrected chi connectivity index (χ4v) is 4.96. The van der Waals surface area contributed by atoms with Crippen LogP contribution >= 0.6 is 11.3 Å². The van der Waals surface area contributed by atoms with Gasteiger partial charge in [0.1, 0.15) is 16.5 Å². The standard InChI is InChI=1S/C21H24F2N4S/c1-14-24-20(27-10-8-16(9-11-27)26(2)13-19(22)23)17-12-18(28-21(17)25-14)15-6-4-3-5-7-15/h3-7,12,16,19H,8-11,13H2,1-2H3. The summed E-state index contributed by atoms with van der Waals surface area (Å²) in [5.74, 6) is 1.73. The monoisotopic (exact) mass is 402 g/mol. The van der Waals surface area contributed by atoms with E-state index in [9.17, 15) is 8.78 Å². The molecule has 0 spiro atoms. The molecule has 28 heavy (non-hydrogen) atoms. The Morgan fingerprint density at radius 1 is 1.18 bits per heavy atom. The van der Waals surface area contributed by atoms with Crippen molar-refractivity contribution in [3.05, 3.63) is 42.2 Å². The van der Waals surface area contributed by atoms with Gasteiger partial charge >= 0.3 is 0 Å². The van der Waals surface area contributed by atoms with Gasteiger partial charge in [0.2, 0.25) is 0 Å². The maximum absolute atomic E-state index is 12.7. The molecule has 0 radical (unpaired) electrons. The number of benzene rings is 1. The minimum Gasteiger partial charge on any atom is -0.356 e. The van der Waals surface area contributed by atoms with E-state index in [0.29, 0.717) is 0 Å². The highest BCUT2D eigenvalue weighted by Gasteiger charge is 2.26. The van der Waals surface area contributed by atoms with E-state index in [-0.39, 0.29) is 12.6 Å². The first-order chi connectivity index (χ1) is 13.5. The average Bonchev–Trinajstić information content (AvgIpc) is 3.11. The second-order valence-electron chi connectivity index (χ2n) is 7.34. The zero-order valence-corrected chi connectivity index (χ0v) is 16.9. The number of alkyl halides is 2. The number of fused-ring (bicyclic) bond motifs is 1. The van der Waals surface area contributed by atoms with Crippen LogP contribution in [0.2, 0.25) is 0 Å². The second kappa shape index (κ2) is 8.09. The molecule has 4 nitrogen and oxygen atoms in total. The molecule has 148 valence electrons. The van der Waals surface area contributed by atoms with E-state index in [4.69, 9.17) is 4.98 Å². The van der Waals surface area contributed by atoms with Crippen LogP contribution in [0.25, 0.3) is 20.7 Å². The third-order valence-electron chi connectivity index (χ3n) is 5.36. The fraction of sp³-hybridized carbons (Fsp3) is 0.429. The summed E-state index contributed by atoms with van der Waals surface area (Å²) in [5.41, 5.74) is 1.18. The normalized spacial score (nSPS) is 15.9. The summed E-state index contributed by atoms with van der Waals surface area (Å²) >= 11 is 1.69. The van der Waals surface area contributed by atoms with Gasteiger partial charge in [-0.15, -0.1) is 11.3 Å². The topological polar surface area (TPSA) is 32.3 Å². The largest absolute Gasteiger partial charge is 0.356 e. The number of aryl methyl sites for hydroxylation is 1. The van der Waals surface area contributed by atoms with Crippen LogP contribution in [0, 0.1) is 6.92 Å². The predicted octanol–water partition coefficient (Wildman–Crippen LogP) is 4.83. The van der Waals surface area contributed by atoms with Crippen LogP contribution in [-0.4, -0.2) is 54.0 Å². The molecule has 0 unspecified atom stereocenters. The Hall–Kier alpha value is -2.12. The Morgan fingerprint density at radius 3 is 2.57 bits per heavy atom. The van der Waals surface area contributed by atoms with Gasteiger partial charge in [-0.25, -0.2) is 18.7 Å². The summed E-state index contributed by atoms with van der Waals surface area (Å²) in [6.07, 6.45) is -0.554. The van der Waals surface area contributed by atoms with E-state index < -0.39 is 6.43 Å². The Bertz CT molecular complexity index is 936. The van der Waals surface area contributed by atoms with Crippen LogP contribution in [0.3, 0.4) is 0 Å². The zero-order valence-electron chi connectivity index (χ0n) is 16.1. The van der Waals surface area contributed by atoms with Gasteiger partial charge in [-0.05, 0) is 38.4 Å². The number of anilines is 1. The summed E-state index contributed by atoms with van der Waals surface area (Å²) in [5, 5.41) is 1.08. The molecule has 7 heteroatoms. The lowest BCUT2D eigenvalue weighted by molar-refractivity contribution is 0.0743. The number of aromatic nitrogens is 2. The SMILES string of the molecule is Cc1nc(N2CCC(N(C)CC(F)F)CC2)c2cc(-c3ccccc3)sc2n1. The third-order valence-corrected chi connectivity index (χ3v) is 6.43. The number of nitrogens with zero attached hydrogens (tertiary/aromatic N) is 4. The van der Waals surface area contributed by atoms with Crippen molar-refractivity contribution in [3.8, 4) is 10.4 Å². The first kappa shape index (κ1) is 19.2. The van der Waals surface area contributed by atoms with Crippen molar-refractivity contribution in [2.24, 2.45) is 0 Å². The molecule has 0 aliphatic carbocycles. The van der Waals surface area contributed by atoms with E-state index in [1.165, 1.54) is 10.4 Å². The maximum Gasteiger partial charge on any atom is 0.251 e. The van der Waals surface area contributed by atoms with Gasteiger partial charge in [0.25, 0.3) is 6.43 Å². The lowest BCUT2D eigenvalue weighted by atomic mass is 10.0. The minimum atomic E-state index is -2.28. The van der Waals surface area contributed by atoms with Crippen LogP contribution in [-0.2, 0) is 0 Å². The van der Waals surface area contributed by atoms with Crippen LogP contribution < -0.4 is 4.90 Å². The molecule has 2 aromatic heterocycles. The number of hydrogen-bond acceptors (Lipinski definition) is 5. The van der Waals surface area contributed by atoms with Gasteiger partial charge in [-0.2, -0.15) is 0 Å². The van der Waals surface area contributed by atoms with E-state index >= 15 is 0 Å². The molecule has 1 aliphatic heterocycles. The van der Waals surface area contributed by atoms with Crippen LogP contribution in [0.5, 0.6) is 0 Å². The lowest BCUT2D eigenvalue weighted by Crippen LogP contribution is -2.45. The number of thiophene rings is 1. The van der Waals surface area contributed by atoms with Gasteiger partial charge in [0.05, 0.1) is 11.9 Å². The van der Waals surface area contributed by atoms with Crippen LogP contribution in [0.4, 0.5) is 14.6 Å². The molecule has 1 saturated heterocycles. The first-order valence-electron chi connectivity index (χ1n) is 9.58. The minimum absolute atomic E-state index is 0.160. The van der Waals surface area contributed by atoms with Crippen molar-refractivity contribution in [1.29, 1.82) is 0 Å². The van der Waals surface area contributed by atoms with E-state index in [1.807, 2.05) is 25.1 Å². The number of hydrogen-bond donors (Lipinski definition) is 0. The van der Waals surface area contributed by atoms with Crippen molar-refractivity contribution >= 4 is 27.4 Å². The van der Waals surface area contributed by atoms with Gasteiger partial charge < -0.3 is 4.90 Å². The summed E-state index contributed by atoms with van der Waals surface area (Å²) in [4.78, 5) is 15.6. The van der Waals surface area contributed by atoms with Crippen molar-refractivity contribution in [1.82, 2.24) is 14.9 Å². The zero-order chi connectivity index (χ0) is 19.7. The molecule has 0 atom stereocenters. The summed E-state index contributed by atoms with van der Waals surface area (Å²) in [7, 11) is 1.80. The smallest absolute Gasteiger partial charge is 0.251 e. The molecule has 0 bridgehead atoms. The van der Waals surface area contributed by atoms with E-state index in [0.717, 1.165) is 47.8 Å². The van der Waals surface area contributed by atoms with E-state index in [1.54, 1.807) is 23.3 Å². The molecule has 3 aromatic rings. The lowest BCUT2D eigenvalue weighted by Gasteiger charge is -2.37. The predicted molar refractivity (Wildman–Crippen MR) is 111 cm³/mol. The number of halogens is 2. The highest BCUT2D eigenvalue weighted by atomic mass is 32.1. The fourth-order valence-electron chi connectivity index (χ4n) is 3.88. The molecule has 1 aliphatic rings. The van der Waals surface area contributed by atoms with Crippen LogP contribution in [0.1, 0.15) is 18.7 Å². The Labute approximate surface area is 167 Å². The summed E-state index contributed by atoms with van der Waals surface area (Å²) in [6.45, 7) is 3.40. The highest BCUT2D eigenvalue weighted by Crippen LogP contribution is 2.37. The Morgan fingerprint density at radius 2 is 1.89 bits per heavy atom. The molecule has 3 heterocycles. The number of rotatable bonds is 5. The first-order valence-corrected chi connectivity index (χ1v) is 10.4. The molecule has 0 saturated carbocycles. The Kier molecular flexibility index (Phi) is 5.55. The second-order valence-corrected chi connectivity index (χ2v) is 8.37. The van der Waals surface area contributed by atoms with Crippen molar-refractivity contribution in [2.75, 3.05) is 31.6 Å². The molecular formula is C21H24F2N4S. The van der Waals surface area contributed by atoms with Gasteiger partial charge in [-0.1, -0.05) is 30.3 Å². The van der Waals surface area contributed by atoms with Crippen LogP contribution in [0.15, 0.2) is 36.4 Å². The van der Waals surface area contributed by atoms with Crippen molar-refractivity contribution < 1.29 is 8.78 Å². The van der Waals surface area contributed by atoms with Gasteiger partial charge in [0.15, 0.2) is 0 Å². The third kappa shape index (κ3) is 4.00. The molecule has 1 fully saturated rings. The quantitative estimate of drug-likeness (QED) is 0.612. The Balaban J connectivity index is 1.58. The molecule has 0 N–H and O–H groups in total. The van der Waals surface area contributed by atoms with Gasteiger partial charge in [0, 0.05) is 24.0 Å². The van der Waals surface area contributed by atoms with E-state index in [2.05, 4.69) is 28.1 Å². The molecule has 4 rings (SSSR count).